The van der Waals surface area contributed by atoms with E-state index in [0.29, 0.717) is 16.5 Å². The lowest BCUT2D eigenvalue weighted by Crippen LogP contribution is -2.12. The molecule has 0 amide bonds. The molecule has 0 aliphatic heterocycles. The predicted molar refractivity (Wildman–Crippen MR) is 96.7 cm³/mol. The second kappa shape index (κ2) is 8.99. The van der Waals surface area contributed by atoms with Gasteiger partial charge in [0.2, 0.25) is 0 Å². The molecule has 1 heterocycles. The van der Waals surface area contributed by atoms with Crippen molar-refractivity contribution in [1.29, 1.82) is 0 Å². The van der Waals surface area contributed by atoms with Crippen LogP contribution in [0.4, 0.5) is 11.5 Å². The van der Waals surface area contributed by atoms with Gasteiger partial charge in [-0.15, -0.1) is 0 Å². The molecule has 0 atom stereocenters. The Balaban J connectivity index is 2.27. The molecule has 1 aromatic heterocycles. The van der Waals surface area contributed by atoms with Gasteiger partial charge in [0.15, 0.2) is 10.9 Å². The summed E-state index contributed by atoms with van der Waals surface area (Å²) in [4.78, 5) is 31.0. The molecule has 0 saturated carbocycles. The number of rotatable bonds is 8. The number of carbonyl (C=O) groups excluding carboxylic acids is 1. The fourth-order valence-corrected chi connectivity index (χ4v) is 2.47. The van der Waals surface area contributed by atoms with Crippen molar-refractivity contribution in [3.63, 3.8) is 0 Å². The van der Waals surface area contributed by atoms with Crippen LogP contribution in [0.5, 0.6) is 5.75 Å². The van der Waals surface area contributed by atoms with Gasteiger partial charge in [-0.1, -0.05) is 17.8 Å². The molecule has 0 aliphatic rings. The second-order valence-electron chi connectivity index (χ2n) is 4.96. The Labute approximate surface area is 154 Å². The largest absolute Gasteiger partial charge is 0.490 e. The summed E-state index contributed by atoms with van der Waals surface area (Å²) in [6.45, 7) is 2.16. The molecule has 0 unspecified atom stereocenters. The minimum atomic E-state index is -0.539. The Morgan fingerprint density at radius 3 is 2.81 bits per heavy atom. The summed E-state index contributed by atoms with van der Waals surface area (Å²) in [5.74, 6) is -0.0534. The van der Waals surface area contributed by atoms with Gasteiger partial charge in [-0.2, -0.15) is 0 Å². The third-order valence-corrected chi connectivity index (χ3v) is 3.91. The molecule has 2 aromatic rings. The molecular formula is C16H18N4O5S. The van der Waals surface area contributed by atoms with Gasteiger partial charge in [0.1, 0.15) is 11.4 Å². The van der Waals surface area contributed by atoms with Crippen molar-refractivity contribution in [2.45, 2.75) is 18.6 Å². The third-order valence-electron chi connectivity index (χ3n) is 3.34. The Morgan fingerprint density at radius 2 is 2.19 bits per heavy atom. The fourth-order valence-electron chi connectivity index (χ4n) is 2.13. The van der Waals surface area contributed by atoms with Crippen LogP contribution in [0, 0.1) is 10.1 Å². The van der Waals surface area contributed by atoms with Crippen molar-refractivity contribution in [1.82, 2.24) is 9.97 Å². The topological polar surface area (TPSA) is 116 Å². The number of hydrogen-bond acceptors (Lipinski definition) is 9. The monoisotopic (exact) mass is 378 g/mol. The van der Waals surface area contributed by atoms with Gasteiger partial charge in [-0.3, -0.25) is 10.1 Å². The fraction of sp³-hybridized carbons (Fsp3) is 0.312. The number of ether oxygens (including phenoxy) is 2. The highest BCUT2D eigenvalue weighted by molar-refractivity contribution is 7.98. The normalized spacial score (nSPS) is 10.3. The van der Waals surface area contributed by atoms with Crippen LogP contribution in [0.2, 0.25) is 0 Å². The summed E-state index contributed by atoms with van der Waals surface area (Å²) in [5.41, 5.74) is 0.703. The van der Waals surface area contributed by atoms with Gasteiger partial charge >= 0.3 is 11.7 Å². The maximum atomic E-state index is 12.0. The van der Waals surface area contributed by atoms with Gasteiger partial charge in [0, 0.05) is 18.8 Å². The molecule has 0 bridgehead atoms. The zero-order chi connectivity index (χ0) is 19.1. The first-order valence-corrected chi connectivity index (χ1v) is 8.86. The van der Waals surface area contributed by atoms with Crippen LogP contribution < -0.4 is 10.1 Å². The highest BCUT2D eigenvalue weighted by Crippen LogP contribution is 2.28. The van der Waals surface area contributed by atoms with Gasteiger partial charge < -0.3 is 14.8 Å². The maximum absolute atomic E-state index is 12.0. The van der Waals surface area contributed by atoms with Crippen LogP contribution in [-0.2, 0) is 11.3 Å². The van der Waals surface area contributed by atoms with E-state index in [0.717, 1.165) is 0 Å². The standard InChI is InChI=1S/C16H18N4O5S/c1-4-25-15(21)11-9-18-16(26-3)19-14(11)17-8-10-5-6-13(24-2)12(7-10)20(22)23/h5-7,9H,4,8H2,1-3H3,(H,17,18,19). The average molecular weight is 378 g/mol. The number of methoxy groups -OCH3 is 1. The molecular weight excluding hydrogens is 360 g/mol. The molecule has 1 aromatic carbocycles. The summed E-state index contributed by atoms with van der Waals surface area (Å²) in [5, 5.41) is 14.6. The lowest BCUT2D eigenvalue weighted by Gasteiger charge is -2.11. The number of nitrogens with zero attached hydrogens (tertiary/aromatic N) is 3. The molecule has 0 radical (unpaired) electrons. The Morgan fingerprint density at radius 1 is 1.42 bits per heavy atom. The van der Waals surface area contributed by atoms with Gasteiger partial charge in [0.25, 0.3) is 0 Å². The molecule has 0 saturated heterocycles. The first kappa shape index (κ1) is 19.4. The van der Waals surface area contributed by atoms with Gasteiger partial charge in [-0.05, 0) is 24.8 Å². The lowest BCUT2D eigenvalue weighted by atomic mass is 10.2. The number of carbonyl (C=O) groups is 1. The molecule has 0 spiro atoms. The minimum absolute atomic E-state index is 0.134. The molecule has 0 aliphatic carbocycles. The Bertz CT molecular complexity index is 815. The van der Waals surface area contributed by atoms with E-state index < -0.39 is 10.9 Å². The predicted octanol–water partition coefficient (Wildman–Crippen LogP) is 2.90. The van der Waals surface area contributed by atoms with E-state index in [1.807, 2.05) is 6.26 Å². The lowest BCUT2D eigenvalue weighted by molar-refractivity contribution is -0.385. The number of hydrogen-bond donors (Lipinski definition) is 1. The van der Waals surface area contributed by atoms with E-state index in [1.165, 1.54) is 37.2 Å². The van der Waals surface area contributed by atoms with E-state index >= 15 is 0 Å². The number of aromatic nitrogens is 2. The molecule has 1 N–H and O–H groups in total. The quantitative estimate of drug-likeness (QED) is 0.243. The average Bonchev–Trinajstić information content (AvgIpc) is 2.65. The zero-order valence-corrected chi connectivity index (χ0v) is 15.3. The smallest absolute Gasteiger partial charge is 0.343 e. The Kier molecular flexibility index (Phi) is 6.73. The SMILES string of the molecule is CCOC(=O)c1cnc(SC)nc1NCc1ccc(OC)c([N+](=O)[O-])c1. The number of nitrogens with one attached hydrogen (secondary N) is 1. The summed E-state index contributed by atoms with van der Waals surface area (Å²) in [6.07, 6.45) is 3.21. The van der Waals surface area contributed by atoms with Crippen molar-refractivity contribution in [2.75, 3.05) is 25.3 Å². The van der Waals surface area contributed by atoms with E-state index in [4.69, 9.17) is 9.47 Å². The van der Waals surface area contributed by atoms with Crippen LogP contribution in [-0.4, -0.2) is 40.8 Å². The summed E-state index contributed by atoms with van der Waals surface area (Å²) in [7, 11) is 1.37. The molecule has 10 heteroatoms. The highest BCUT2D eigenvalue weighted by atomic mass is 32.2. The van der Waals surface area contributed by atoms with Crippen LogP contribution in [0.15, 0.2) is 29.6 Å². The molecule has 138 valence electrons. The van der Waals surface area contributed by atoms with Crippen LogP contribution in [0.1, 0.15) is 22.8 Å². The number of nitro groups is 1. The molecule has 2 rings (SSSR count). The zero-order valence-electron chi connectivity index (χ0n) is 14.5. The number of anilines is 1. The van der Waals surface area contributed by atoms with Gasteiger partial charge in [-0.25, -0.2) is 14.8 Å². The van der Waals surface area contributed by atoms with E-state index in [2.05, 4.69) is 15.3 Å². The van der Waals surface area contributed by atoms with Crippen molar-refractivity contribution in [2.24, 2.45) is 0 Å². The van der Waals surface area contributed by atoms with Crippen molar-refractivity contribution in [3.05, 3.63) is 45.6 Å². The summed E-state index contributed by atoms with van der Waals surface area (Å²) in [6, 6.07) is 4.63. The number of esters is 1. The van der Waals surface area contributed by atoms with Crippen LogP contribution in [0.25, 0.3) is 0 Å². The van der Waals surface area contributed by atoms with Crippen molar-refractivity contribution >= 4 is 29.2 Å². The molecule has 9 nitrogen and oxygen atoms in total. The van der Waals surface area contributed by atoms with Crippen LogP contribution in [0.3, 0.4) is 0 Å². The number of benzene rings is 1. The minimum Gasteiger partial charge on any atom is -0.490 e. The van der Waals surface area contributed by atoms with E-state index in [-0.39, 0.29) is 30.2 Å². The van der Waals surface area contributed by atoms with E-state index in [1.54, 1.807) is 13.0 Å². The van der Waals surface area contributed by atoms with E-state index in [9.17, 15) is 14.9 Å². The second-order valence-corrected chi connectivity index (χ2v) is 5.73. The van der Waals surface area contributed by atoms with Crippen molar-refractivity contribution < 1.29 is 19.2 Å². The summed E-state index contributed by atoms with van der Waals surface area (Å²) >= 11 is 1.33. The first-order chi connectivity index (χ1) is 12.5. The first-order valence-electron chi connectivity index (χ1n) is 7.63. The number of nitro benzene ring substituents is 1. The highest BCUT2D eigenvalue weighted by Gasteiger charge is 2.18. The third kappa shape index (κ3) is 4.60. The summed E-state index contributed by atoms with van der Waals surface area (Å²) < 4.78 is 9.99. The molecule has 26 heavy (non-hydrogen) atoms. The molecule has 0 fully saturated rings. The van der Waals surface area contributed by atoms with Crippen LogP contribution >= 0.6 is 11.8 Å². The van der Waals surface area contributed by atoms with Gasteiger partial charge in [0.05, 0.1) is 18.6 Å². The van der Waals surface area contributed by atoms with Crippen molar-refractivity contribution in [3.8, 4) is 5.75 Å². The maximum Gasteiger partial charge on any atom is 0.343 e. The Hall–Kier alpha value is -2.88. The number of thioether (sulfide) groups is 1.